The van der Waals surface area contributed by atoms with Gasteiger partial charge >= 0.3 is 0 Å². The summed E-state index contributed by atoms with van der Waals surface area (Å²) in [5.41, 5.74) is 3.21. The van der Waals surface area contributed by atoms with Gasteiger partial charge in [-0.3, -0.25) is 9.88 Å². The number of aromatic nitrogens is 1. The fourth-order valence-corrected chi connectivity index (χ4v) is 4.18. The Morgan fingerprint density at radius 2 is 2.04 bits per heavy atom. The maximum atomic E-state index is 6.16. The Labute approximate surface area is 161 Å². The summed E-state index contributed by atoms with van der Waals surface area (Å²) >= 11 is 0. The number of methoxy groups -OCH3 is 1. The maximum absolute atomic E-state index is 6.16. The number of nitrogens with zero attached hydrogens (tertiary/aromatic N) is 2. The van der Waals surface area contributed by atoms with Crippen molar-refractivity contribution >= 4 is 0 Å². The molecule has 1 spiro atoms. The molecule has 0 saturated carbocycles. The van der Waals surface area contributed by atoms with Crippen LogP contribution in [0.1, 0.15) is 29.8 Å². The van der Waals surface area contributed by atoms with Crippen molar-refractivity contribution in [1.29, 1.82) is 0 Å². The third-order valence-electron chi connectivity index (χ3n) is 5.47. The normalized spacial score (nSPS) is 21.8. The first-order chi connectivity index (χ1) is 13.2. The molecule has 0 amide bonds. The predicted octanol–water partition coefficient (Wildman–Crippen LogP) is 3.35. The van der Waals surface area contributed by atoms with Crippen molar-refractivity contribution in [2.45, 2.75) is 44.6 Å². The molecule has 0 bridgehead atoms. The zero-order valence-electron chi connectivity index (χ0n) is 16.2. The zero-order valence-corrected chi connectivity index (χ0v) is 16.2. The molecule has 0 radical (unpaired) electrons. The minimum atomic E-state index is -0.0506. The number of likely N-dealkylation sites (tertiary alicyclic amines) is 1. The van der Waals surface area contributed by atoms with Crippen molar-refractivity contribution < 1.29 is 14.2 Å². The summed E-state index contributed by atoms with van der Waals surface area (Å²) in [6, 6.07) is 14.3. The first-order valence-corrected chi connectivity index (χ1v) is 9.68. The van der Waals surface area contributed by atoms with Gasteiger partial charge in [-0.2, -0.15) is 0 Å². The molecule has 2 fully saturated rings. The van der Waals surface area contributed by atoms with Crippen molar-refractivity contribution in [2.24, 2.45) is 0 Å². The predicted molar refractivity (Wildman–Crippen MR) is 104 cm³/mol. The lowest BCUT2D eigenvalue weighted by Crippen LogP contribution is -2.65. The molecule has 3 heterocycles. The van der Waals surface area contributed by atoms with Crippen LogP contribution in [0.25, 0.3) is 0 Å². The third kappa shape index (κ3) is 4.32. The average Bonchev–Trinajstić information content (AvgIpc) is 2.66. The minimum absolute atomic E-state index is 0.0506. The van der Waals surface area contributed by atoms with Gasteiger partial charge < -0.3 is 14.2 Å². The molecule has 5 nitrogen and oxygen atoms in total. The molecule has 2 saturated heterocycles. The van der Waals surface area contributed by atoms with Crippen LogP contribution in [0.15, 0.2) is 42.5 Å². The molecule has 2 aliphatic rings. The second-order valence-corrected chi connectivity index (χ2v) is 7.68. The molecule has 5 heteroatoms. The number of benzene rings is 1. The lowest BCUT2D eigenvalue weighted by Gasteiger charge is -2.53. The fourth-order valence-electron chi connectivity index (χ4n) is 4.18. The van der Waals surface area contributed by atoms with Crippen LogP contribution in [-0.2, 0) is 22.6 Å². The Bertz CT molecular complexity index is 774. The lowest BCUT2D eigenvalue weighted by atomic mass is 9.84. The van der Waals surface area contributed by atoms with E-state index in [9.17, 15) is 0 Å². The van der Waals surface area contributed by atoms with E-state index in [-0.39, 0.29) is 11.7 Å². The van der Waals surface area contributed by atoms with Gasteiger partial charge in [0.05, 0.1) is 31.1 Å². The third-order valence-corrected chi connectivity index (χ3v) is 5.47. The fraction of sp³-hybridized carbons (Fsp3) is 0.500. The molecule has 27 heavy (non-hydrogen) atoms. The molecule has 0 aliphatic carbocycles. The highest BCUT2D eigenvalue weighted by Gasteiger charge is 2.47. The Balaban J connectivity index is 1.29. The molecule has 0 N–H and O–H groups in total. The second-order valence-electron chi connectivity index (χ2n) is 7.68. The van der Waals surface area contributed by atoms with E-state index in [1.54, 1.807) is 7.11 Å². The monoisotopic (exact) mass is 368 g/mol. The first kappa shape index (κ1) is 18.4. The topological polar surface area (TPSA) is 43.8 Å². The number of hydrogen-bond acceptors (Lipinski definition) is 5. The average molecular weight is 368 g/mol. The molecular formula is C22H28N2O3. The number of rotatable bonds is 6. The summed E-state index contributed by atoms with van der Waals surface area (Å²) in [5, 5.41) is 0. The molecule has 1 atom stereocenters. The number of pyridine rings is 1. The number of hydrogen-bond donors (Lipinski definition) is 0. The lowest BCUT2D eigenvalue weighted by molar-refractivity contribution is -0.200. The zero-order chi connectivity index (χ0) is 18.7. The van der Waals surface area contributed by atoms with E-state index in [0.717, 1.165) is 56.2 Å². The summed E-state index contributed by atoms with van der Waals surface area (Å²) in [7, 11) is 1.73. The van der Waals surface area contributed by atoms with E-state index >= 15 is 0 Å². The van der Waals surface area contributed by atoms with Gasteiger partial charge in [-0.05, 0) is 31.5 Å². The Kier molecular flexibility index (Phi) is 5.43. The van der Waals surface area contributed by atoms with Gasteiger partial charge in [-0.25, -0.2) is 0 Å². The first-order valence-electron chi connectivity index (χ1n) is 9.68. The quantitative estimate of drug-likeness (QED) is 0.782. The highest BCUT2D eigenvalue weighted by molar-refractivity contribution is 5.33. The van der Waals surface area contributed by atoms with Crippen LogP contribution in [0.4, 0.5) is 0 Å². The summed E-state index contributed by atoms with van der Waals surface area (Å²) in [6.07, 6.45) is 2.16. The Hall–Kier alpha value is -1.95. The molecule has 144 valence electrons. The molecule has 4 rings (SSSR count). The van der Waals surface area contributed by atoms with E-state index in [1.807, 2.05) is 37.3 Å². The Morgan fingerprint density at radius 3 is 2.85 bits per heavy atom. The van der Waals surface area contributed by atoms with Gasteiger partial charge in [0.15, 0.2) is 0 Å². The van der Waals surface area contributed by atoms with E-state index in [1.165, 1.54) is 5.56 Å². The van der Waals surface area contributed by atoms with Crippen LogP contribution < -0.4 is 4.74 Å². The van der Waals surface area contributed by atoms with Crippen LogP contribution >= 0.6 is 0 Å². The maximum Gasteiger partial charge on any atom is 0.123 e. The van der Waals surface area contributed by atoms with Gasteiger partial charge in [0.1, 0.15) is 5.75 Å². The van der Waals surface area contributed by atoms with E-state index in [0.29, 0.717) is 6.61 Å². The van der Waals surface area contributed by atoms with Crippen LogP contribution in [0.5, 0.6) is 5.75 Å². The summed E-state index contributed by atoms with van der Waals surface area (Å²) in [5.74, 6) is 0.954. The molecule has 2 aliphatic heterocycles. The molecule has 2 aromatic rings. The van der Waals surface area contributed by atoms with Gasteiger partial charge in [0.25, 0.3) is 0 Å². The number of ether oxygens (including phenoxy) is 3. The highest BCUT2D eigenvalue weighted by Crippen LogP contribution is 2.37. The van der Waals surface area contributed by atoms with E-state index in [4.69, 9.17) is 14.2 Å². The number of para-hydroxylation sites is 1. The second kappa shape index (κ2) is 7.97. The van der Waals surface area contributed by atoms with Gasteiger partial charge in [0, 0.05) is 43.9 Å². The van der Waals surface area contributed by atoms with E-state index in [2.05, 4.69) is 22.0 Å². The van der Waals surface area contributed by atoms with Crippen molar-refractivity contribution in [3.05, 3.63) is 59.4 Å². The van der Waals surface area contributed by atoms with Gasteiger partial charge in [-0.15, -0.1) is 0 Å². The Morgan fingerprint density at radius 1 is 1.19 bits per heavy atom. The highest BCUT2D eigenvalue weighted by atomic mass is 16.5. The minimum Gasteiger partial charge on any atom is -0.496 e. The summed E-state index contributed by atoms with van der Waals surface area (Å²) in [6.45, 7) is 6.16. The molecule has 1 aromatic carbocycles. The van der Waals surface area contributed by atoms with Crippen LogP contribution in [0.2, 0.25) is 0 Å². The smallest absolute Gasteiger partial charge is 0.123 e. The molecular weight excluding hydrogens is 340 g/mol. The van der Waals surface area contributed by atoms with Crippen LogP contribution in [0, 0.1) is 6.92 Å². The summed E-state index contributed by atoms with van der Waals surface area (Å²) in [4.78, 5) is 6.95. The van der Waals surface area contributed by atoms with Gasteiger partial charge in [-0.1, -0.05) is 24.3 Å². The SMILES string of the molecule is COc1ccccc1CN1CC2(CC(OCc3cccc(C)n3)CCO2)C1. The van der Waals surface area contributed by atoms with Crippen molar-refractivity contribution in [2.75, 3.05) is 26.8 Å². The van der Waals surface area contributed by atoms with Gasteiger partial charge in [0.2, 0.25) is 0 Å². The largest absolute Gasteiger partial charge is 0.496 e. The van der Waals surface area contributed by atoms with Crippen LogP contribution in [-0.4, -0.2) is 48.4 Å². The number of aryl methyl sites for hydroxylation is 1. The van der Waals surface area contributed by atoms with Crippen molar-refractivity contribution in [3.63, 3.8) is 0 Å². The van der Waals surface area contributed by atoms with Crippen molar-refractivity contribution in [1.82, 2.24) is 9.88 Å². The van der Waals surface area contributed by atoms with E-state index < -0.39 is 0 Å². The summed E-state index contributed by atoms with van der Waals surface area (Å²) < 4.78 is 17.8. The molecule has 1 unspecified atom stereocenters. The van der Waals surface area contributed by atoms with Crippen LogP contribution in [0.3, 0.4) is 0 Å². The van der Waals surface area contributed by atoms with Crippen molar-refractivity contribution in [3.8, 4) is 5.75 Å². The standard InChI is InChI=1S/C22H28N2O3/c1-17-6-5-8-19(23-17)14-26-20-10-11-27-22(12-20)15-24(16-22)13-18-7-3-4-9-21(18)25-2/h3-9,20H,10-16H2,1-2H3. The molecule has 1 aromatic heterocycles.